The molecular formula is C24H34N2O4S. The van der Waals surface area contributed by atoms with Crippen molar-refractivity contribution in [2.45, 2.75) is 69.2 Å². The molecule has 1 saturated heterocycles. The maximum atomic E-state index is 13.2. The van der Waals surface area contributed by atoms with E-state index in [9.17, 15) is 13.2 Å². The van der Waals surface area contributed by atoms with E-state index >= 15 is 0 Å². The van der Waals surface area contributed by atoms with Crippen LogP contribution in [0.3, 0.4) is 0 Å². The molecule has 6 rings (SSSR count). The SMILES string of the molecule is COc1ccc(C(=O)N[C@@H](C)C23CC4CC(CC(C4)C2)C3)cc1S(=O)(=O)N1CCCC1. The van der Waals surface area contributed by atoms with Crippen molar-refractivity contribution in [3.05, 3.63) is 23.8 Å². The Kier molecular flexibility index (Phi) is 5.32. The van der Waals surface area contributed by atoms with Crippen molar-refractivity contribution in [2.24, 2.45) is 23.2 Å². The van der Waals surface area contributed by atoms with Crippen LogP contribution < -0.4 is 10.1 Å². The molecule has 1 aromatic rings. The van der Waals surface area contributed by atoms with E-state index in [1.54, 1.807) is 12.1 Å². The summed E-state index contributed by atoms with van der Waals surface area (Å²) < 4.78 is 33.1. The number of ether oxygens (including phenoxy) is 1. The minimum Gasteiger partial charge on any atom is -0.495 e. The number of methoxy groups -OCH3 is 1. The summed E-state index contributed by atoms with van der Waals surface area (Å²) in [6.45, 7) is 3.19. The van der Waals surface area contributed by atoms with E-state index in [0.717, 1.165) is 30.6 Å². The van der Waals surface area contributed by atoms with E-state index in [1.165, 1.54) is 56.0 Å². The Labute approximate surface area is 185 Å². The highest BCUT2D eigenvalue weighted by Crippen LogP contribution is 2.61. The summed E-state index contributed by atoms with van der Waals surface area (Å²) in [4.78, 5) is 13.3. The first-order valence-electron chi connectivity index (χ1n) is 11.8. The molecule has 1 heterocycles. The predicted octanol–water partition coefficient (Wildman–Crippen LogP) is 3.81. The molecule has 4 bridgehead atoms. The quantitative estimate of drug-likeness (QED) is 0.721. The van der Waals surface area contributed by atoms with Gasteiger partial charge in [0.2, 0.25) is 10.0 Å². The van der Waals surface area contributed by atoms with Crippen LogP contribution in [-0.4, -0.2) is 44.9 Å². The first kappa shape index (κ1) is 21.3. The van der Waals surface area contributed by atoms with E-state index in [1.807, 2.05) is 0 Å². The molecule has 1 atom stereocenters. The summed E-state index contributed by atoms with van der Waals surface area (Å²) in [5.41, 5.74) is 0.594. The number of rotatable bonds is 6. The second-order valence-electron chi connectivity index (χ2n) is 10.5. The molecule has 5 fully saturated rings. The van der Waals surface area contributed by atoms with Gasteiger partial charge in [0, 0.05) is 24.7 Å². The van der Waals surface area contributed by atoms with Crippen LogP contribution in [0.5, 0.6) is 5.75 Å². The predicted molar refractivity (Wildman–Crippen MR) is 119 cm³/mol. The van der Waals surface area contributed by atoms with E-state index < -0.39 is 10.0 Å². The van der Waals surface area contributed by atoms with Crippen molar-refractivity contribution in [3.63, 3.8) is 0 Å². The van der Waals surface area contributed by atoms with Gasteiger partial charge in [0.1, 0.15) is 10.6 Å². The van der Waals surface area contributed by atoms with Crippen molar-refractivity contribution < 1.29 is 17.9 Å². The molecule has 0 aromatic heterocycles. The zero-order valence-corrected chi connectivity index (χ0v) is 19.4. The molecular weight excluding hydrogens is 412 g/mol. The number of benzene rings is 1. The maximum absolute atomic E-state index is 13.2. The van der Waals surface area contributed by atoms with Crippen molar-refractivity contribution in [1.29, 1.82) is 0 Å². The number of hydrogen-bond acceptors (Lipinski definition) is 4. The van der Waals surface area contributed by atoms with Crippen molar-refractivity contribution in [3.8, 4) is 5.75 Å². The fraction of sp³-hybridized carbons (Fsp3) is 0.708. The van der Waals surface area contributed by atoms with Crippen LogP contribution in [-0.2, 0) is 10.0 Å². The zero-order chi connectivity index (χ0) is 21.8. The maximum Gasteiger partial charge on any atom is 0.251 e. The fourth-order valence-corrected chi connectivity index (χ4v) is 8.93. The Morgan fingerprint density at radius 2 is 1.68 bits per heavy atom. The van der Waals surface area contributed by atoms with Crippen LogP contribution in [0, 0.1) is 23.2 Å². The van der Waals surface area contributed by atoms with Gasteiger partial charge in [0.05, 0.1) is 7.11 Å². The molecule has 4 aliphatic carbocycles. The molecule has 0 spiro atoms. The second-order valence-corrected chi connectivity index (χ2v) is 12.4. The number of carbonyl (C=O) groups is 1. The van der Waals surface area contributed by atoms with E-state index in [-0.39, 0.29) is 28.0 Å². The molecule has 31 heavy (non-hydrogen) atoms. The van der Waals surface area contributed by atoms with Gasteiger partial charge in [-0.15, -0.1) is 0 Å². The largest absolute Gasteiger partial charge is 0.495 e. The number of hydrogen-bond donors (Lipinski definition) is 1. The summed E-state index contributed by atoms with van der Waals surface area (Å²) in [6, 6.07) is 4.86. The Balaban J connectivity index is 1.37. The van der Waals surface area contributed by atoms with Crippen LogP contribution in [0.1, 0.15) is 68.6 Å². The van der Waals surface area contributed by atoms with Crippen LogP contribution in [0.2, 0.25) is 0 Å². The molecule has 0 unspecified atom stereocenters. The summed E-state index contributed by atoms with van der Waals surface area (Å²) in [5.74, 6) is 2.57. The van der Waals surface area contributed by atoms with Gasteiger partial charge in [-0.05, 0) is 99.7 Å². The smallest absolute Gasteiger partial charge is 0.251 e. The van der Waals surface area contributed by atoms with Gasteiger partial charge < -0.3 is 10.1 Å². The van der Waals surface area contributed by atoms with Gasteiger partial charge in [-0.2, -0.15) is 4.31 Å². The normalized spacial score (nSPS) is 33.4. The monoisotopic (exact) mass is 446 g/mol. The van der Waals surface area contributed by atoms with E-state index in [0.29, 0.717) is 18.7 Å². The molecule has 7 heteroatoms. The number of nitrogens with one attached hydrogen (secondary N) is 1. The van der Waals surface area contributed by atoms with Gasteiger partial charge in [-0.25, -0.2) is 8.42 Å². The summed E-state index contributed by atoms with van der Waals surface area (Å²) in [5, 5.41) is 3.25. The molecule has 4 saturated carbocycles. The standard InChI is InChI=1S/C24H34N2O4S/c1-16(24-13-17-9-18(14-24)11-19(10-17)15-24)25-23(27)20-5-6-21(30-2)22(12-20)31(28,29)26-7-3-4-8-26/h5-6,12,16-19H,3-4,7-11,13-15H2,1-2H3,(H,25,27)/t16-,17?,18?,19?,24?/m0/s1. The summed E-state index contributed by atoms with van der Waals surface area (Å²) in [7, 11) is -2.21. The van der Waals surface area contributed by atoms with Crippen LogP contribution >= 0.6 is 0 Å². The summed E-state index contributed by atoms with van der Waals surface area (Å²) >= 11 is 0. The lowest BCUT2D eigenvalue weighted by molar-refractivity contribution is -0.0688. The van der Waals surface area contributed by atoms with Gasteiger partial charge in [-0.3, -0.25) is 4.79 Å². The molecule has 0 radical (unpaired) electrons. The lowest BCUT2D eigenvalue weighted by Crippen LogP contribution is -2.55. The highest BCUT2D eigenvalue weighted by molar-refractivity contribution is 7.89. The van der Waals surface area contributed by atoms with Crippen molar-refractivity contribution >= 4 is 15.9 Å². The summed E-state index contributed by atoms with van der Waals surface area (Å²) in [6.07, 6.45) is 9.50. The molecule has 5 aliphatic rings. The first-order chi connectivity index (χ1) is 14.8. The van der Waals surface area contributed by atoms with E-state index in [2.05, 4.69) is 12.2 Å². The van der Waals surface area contributed by atoms with Gasteiger partial charge in [-0.1, -0.05) is 0 Å². The zero-order valence-electron chi connectivity index (χ0n) is 18.6. The molecule has 6 nitrogen and oxygen atoms in total. The Hall–Kier alpha value is -1.60. The number of carbonyl (C=O) groups excluding carboxylic acids is 1. The highest BCUT2D eigenvalue weighted by atomic mass is 32.2. The number of sulfonamides is 1. The van der Waals surface area contributed by atoms with E-state index in [4.69, 9.17) is 4.74 Å². The average molecular weight is 447 g/mol. The van der Waals surface area contributed by atoms with Crippen molar-refractivity contribution in [2.75, 3.05) is 20.2 Å². The first-order valence-corrected chi connectivity index (χ1v) is 13.2. The molecule has 170 valence electrons. The van der Waals surface area contributed by atoms with Crippen LogP contribution in [0.15, 0.2) is 23.1 Å². The van der Waals surface area contributed by atoms with Gasteiger partial charge in [0.15, 0.2) is 0 Å². The third-order valence-electron chi connectivity index (χ3n) is 8.46. The van der Waals surface area contributed by atoms with Gasteiger partial charge >= 0.3 is 0 Å². The Bertz CT molecular complexity index is 933. The minimum absolute atomic E-state index is 0.0898. The lowest BCUT2D eigenvalue weighted by atomic mass is 9.48. The molecule has 1 aliphatic heterocycles. The third-order valence-corrected chi connectivity index (χ3v) is 10.4. The minimum atomic E-state index is -3.67. The van der Waals surface area contributed by atoms with Crippen LogP contribution in [0.4, 0.5) is 0 Å². The van der Waals surface area contributed by atoms with Crippen molar-refractivity contribution in [1.82, 2.24) is 9.62 Å². The fourth-order valence-electron chi connectivity index (χ4n) is 7.23. The van der Waals surface area contributed by atoms with Crippen LogP contribution in [0.25, 0.3) is 0 Å². The highest BCUT2D eigenvalue weighted by Gasteiger charge is 2.53. The second kappa shape index (κ2) is 7.77. The lowest BCUT2D eigenvalue weighted by Gasteiger charge is -2.59. The topological polar surface area (TPSA) is 75.7 Å². The molecule has 1 aromatic carbocycles. The number of amides is 1. The number of nitrogens with zero attached hydrogens (tertiary/aromatic N) is 1. The Morgan fingerprint density at radius 1 is 1.10 bits per heavy atom. The molecule has 1 N–H and O–H groups in total. The average Bonchev–Trinajstić information content (AvgIpc) is 3.28. The molecule has 1 amide bonds. The van der Waals surface area contributed by atoms with Gasteiger partial charge in [0.25, 0.3) is 5.91 Å². The Morgan fingerprint density at radius 3 is 2.23 bits per heavy atom. The third kappa shape index (κ3) is 3.67.